The van der Waals surface area contributed by atoms with Crippen LogP contribution < -0.4 is 15.4 Å². The van der Waals surface area contributed by atoms with E-state index < -0.39 is 46.4 Å². The molecule has 2 aliphatic heterocycles. The van der Waals surface area contributed by atoms with E-state index in [4.69, 9.17) is 29.2 Å². The van der Waals surface area contributed by atoms with Gasteiger partial charge in [-0.05, 0) is 46.0 Å². The number of nitrogens with zero attached hydrogens (tertiary/aromatic N) is 4. The number of carbonyl (C=O) groups is 4. The zero-order valence-electron chi connectivity index (χ0n) is 44.0. The third-order valence-corrected chi connectivity index (χ3v) is 15.7. The molecule has 14 nitrogen and oxygen atoms in total. The van der Waals surface area contributed by atoms with Gasteiger partial charge in [0.15, 0.2) is 10.8 Å². The molecule has 0 spiro atoms. The highest BCUT2D eigenvalue weighted by atomic mass is 32.2. The average Bonchev–Trinajstić information content (AvgIpc) is 3.63. The maximum atomic E-state index is 15.4. The lowest BCUT2D eigenvalue weighted by molar-refractivity contribution is -0.153. The summed E-state index contributed by atoms with van der Waals surface area (Å²) in [7, 11) is 4.71. The number of methoxy groups -OCH3 is 1. The number of β-lactam (4-membered cyclic amide) rings is 1. The first-order valence-electron chi connectivity index (χ1n) is 25.7. The summed E-state index contributed by atoms with van der Waals surface area (Å²) in [5.74, 6) is -1.16. The molecule has 10 rings (SSSR count). The van der Waals surface area contributed by atoms with Gasteiger partial charge in [0.05, 0.1) is 7.11 Å². The van der Waals surface area contributed by atoms with Gasteiger partial charge in [-0.1, -0.05) is 205 Å². The normalized spacial score (nSPS) is 15.3. The number of thiazole rings is 1. The number of oxime groups is 1. The van der Waals surface area contributed by atoms with Gasteiger partial charge in [0.2, 0.25) is 5.60 Å². The van der Waals surface area contributed by atoms with Crippen LogP contribution in [0, 0.1) is 0 Å². The number of hydrogen-bond acceptors (Lipinski definition) is 13. The van der Waals surface area contributed by atoms with Crippen molar-refractivity contribution in [2.24, 2.45) is 5.16 Å². The highest BCUT2D eigenvalue weighted by Gasteiger charge is 2.55. The number of esters is 1. The van der Waals surface area contributed by atoms with E-state index in [1.165, 1.54) is 32.9 Å². The van der Waals surface area contributed by atoms with Crippen molar-refractivity contribution in [2.75, 3.05) is 38.9 Å². The minimum Gasteiger partial charge on any atom is -0.497 e. The molecule has 16 heteroatoms. The number of benzene rings is 7. The van der Waals surface area contributed by atoms with Crippen molar-refractivity contribution in [1.29, 1.82) is 0 Å². The first-order valence-corrected chi connectivity index (χ1v) is 27.7. The smallest absolute Gasteiger partial charge is 0.409 e. The Morgan fingerprint density at radius 1 is 0.700 bits per heavy atom. The number of allylic oxidation sites excluding steroid dienone is 1. The Morgan fingerprint density at radius 3 is 1.69 bits per heavy atom. The summed E-state index contributed by atoms with van der Waals surface area (Å²) in [5.41, 5.74) is 3.87. The van der Waals surface area contributed by atoms with E-state index in [2.05, 4.69) is 47.0 Å². The fraction of sp³-hybridized carbons (Fsp3) is 0.156. The molecule has 2 N–H and O–H groups in total. The Bertz CT molecular complexity index is 3340. The fourth-order valence-electron chi connectivity index (χ4n) is 9.72. The van der Waals surface area contributed by atoms with Crippen LogP contribution >= 0.6 is 23.1 Å². The lowest BCUT2D eigenvalue weighted by Gasteiger charge is -2.49. The summed E-state index contributed by atoms with van der Waals surface area (Å²) in [6.07, 6.45) is 2.70. The molecule has 402 valence electrons. The van der Waals surface area contributed by atoms with Gasteiger partial charge in [-0.25, -0.2) is 14.6 Å². The molecule has 80 heavy (non-hydrogen) atoms. The number of hydrogen-bond donors (Lipinski definition) is 2. The van der Waals surface area contributed by atoms with Crippen molar-refractivity contribution in [3.05, 3.63) is 280 Å². The second-order valence-corrected chi connectivity index (χ2v) is 20.8. The molecule has 1 saturated heterocycles. The van der Waals surface area contributed by atoms with Crippen LogP contribution in [-0.2, 0) is 46.4 Å². The van der Waals surface area contributed by atoms with E-state index in [-0.39, 0.29) is 36.1 Å². The van der Waals surface area contributed by atoms with Gasteiger partial charge < -0.3 is 34.6 Å². The molecule has 7 aromatic carbocycles. The second kappa shape index (κ2) is 24.6. The molecule has 1 aromatic heterocycles. The average molecular weight is 1100 g/mol. The minimum atomic E-state index is -1.39. The molecule has 2 atom stereocenters. The topological polar surface area (TPSA) is 161 Å². The summed E-state index contributed by atoms with van der Waals surface area (Å²) < 4.78 is 16.5. The second-order valence-electron chi connectivity index (χ2n) is 18.9. The fourth-order valence-corrected chi connectivity index (χ4v) is 11.8. The molecule has 3 heterocycles. The molecular formula is C64H56N6O8S2. The summed E-state index contributed by atoms with van der Waals surface area (Å²) in [6, 6.07) is 65.2. The molecule has 0 radical (unpaired) electrons. The molecule has 0 saturated carbocycles. The standard InChI is InChI=1S/C64H56N6O8S2/c1-69(2)62(74)76-40-22-23-45-42-79-59-55(58(72)70(59)56(45)60(73)77-41-44-36-38-52(75-3)39-37-44)66-57(71)54(68-78-64(49-30-16-7-17-31-49,50-32-18-8-19-33-50)51-34-20-9-21-35-51)53-43-80-61(65-53)67-63(46-24-10-4-11-25-46,47-26-12-5-13-27-47)48-28-14-6-15-29-48/h4-39,43,55,59H,40-42H2,1-3H3,(H,65,67)(H,66,71)/b23-22-,68-54-/t55?,59-/m0/s1. The highest BCUT2D eigenvalue weighted by Crippen LogP contribution is 2.44. The predicted octanol–water partition coefficient (Wildman–Crippen LogP) is 10.9. The largest absolute Gasteiger partial charge is 0.497 e. The van der Waals surface area contributed by atoms with Crippen molar-refractivity contribution in [1.82, 2.24) is 20.1 Å². The summed E-state index contributed by atoms with van der Waals surface area (Å²) >= 11 is 2.64. The lowest BCUT2D eigenvalue weighted by atomic mass is 9.77. The predicted molar refractivity (Wildman–Crippen MR) is 311 cm³/mol. The number of rotatable bonds is 20. The number of amides is 3. The van der Waals surface area contributed by atoms with Crippen LogP contribution in [0.2, 0.25) is 0 Å². The molecule has 1 unspecified atom stereocenters. The maximum Gasteiger partial charge on any atom is 0.409 e. The summed E-state index contributed by atoms with van der Waals surface area (Å²) in [4.78, 5) is 71.3. The van der Waals surface area contributed by atoms with Gasteiger partial charge in [0.1, 0.15) is 47.3 Å². The first-order chi connectivity index (χ1) is 39.1. The van der Waals surface area contributed by atoms with Crippen molar-refractivity contribution in [2.45, 2.75) is 29.2 Å². The Labute approximate surface area is 472 Å². The van der Waals surface area contributed by atoms with Gasteiger partial charge in [0.25, 0.3) is 11.8 Å². The summed E-state index contributed by atoms with van der Waals surface area (Å²) in [6.45, 7) is -0.174. The Hall–Kier alpha value is -9.25. The number of ether oxygens (including phenoxy) is 3. The van der Waals surface area contributed by atoms with E-state index in [1.807, 2.05) is 146 Å². The number of fused-ring (bicyclic) bond motifs is 1. The summed E-state index contributed by atoms with van der Waals surface area (Å²) in [5, 5.41) is 13.1. The molecule has 0 aliphatic carbocycles. The number of aromatic nitrogens is 1. The molecule has 1 fully saturated rings. The molecule has 0 bridgehead atoms. The maximum absolute atomic E-state index is 15.4. The number of nitrogens with one attached hydrogen (secondary N) is 2. The van der Waals surface area contributed by atoms with Crippen LogP contribution in [0.5, 0.6) is 5.75 Å². The molecular weight excluding hydrogens is 1040 g/mol. The van der Waals surface area contributed by atoms with Gasteiger partial charge >= 0.3 is 12.1 Å². The van der Waals surface area contributed by atoms with Crippen molar-refractivity contribution in [3.63, 3.8) is 0 Å². The first kappa shape index (κ1) is 54.1. The monoisotopic (exact) mass is 1100 g/mol. The lowest BCUT2D eigenvalue weighted by Crippen LogP contribution is -2.71. The van der Waals surface area contributed by atoms with E-state index in [1.54, 1.807) is 63.0 Å². The highest BCUT2D eigenvalue weighted by molar-refractivity contribution is 8.00. The van der Waals surface area contributed by atoms with Gasteiger partial charge in [-0.2, -0.15) is 0 Å². The van der Waals surface area contributed by atoms with Gasteiger partial charge in [-0.3, -0.25) is 14.5 Å². The van der Waals surface area contributed by atoms with Crippen molar-refractivity contribution in [3.8, 4) is 5.75 Å². The molecule has 2 aliphatic rings. The van der Waals surface area contributed by atoms with Crippen LogP contribution in [0.1, 0.15) is 44.6 Å². The van der Waals surface area contributed by atoms with E-state index in [0.717, 1.165) is 33.4 Å². The van der Waals surface area contributed by atoms with E-state index >= 15 is 4.79 Å². The van der Waals surface area contributed by atoms with E-state index in [9.17, 15) is 14.4 Å². The third-order valence-electron chi connectivity index (χ3n) is 13.7. The Balaban J connectivity index is 1.03. The van der Waals surface area contributed by atoms with Crippen LogP contribution in [0.25, 0.3) is 0 Å². The quantitative estimate of drug-likeness (QED) is 0.0246. The number of anilines is 1. The Kier molecular flexibility index (Phi) is 16.6. The van der Waals surface area contributed by atoms with E-state index in [0.29, 0.717) is 22.0 Å². The minimum absolute atomic E-state index is 0.0116. The van der Waals surface area contributed by atoms with Crippen molar-refractivity contribution >= 4 is 57.8 Å². The zero-order chi connectivity index (χ0) is 55.5. The van der Waals surface area contributed by atoms with Crippen LogP contribution in [0.3, 0.4) is 0 Å². The third kappa shape index (κ3) is 11.2. The molecule has 3 amide bonds. The van der Waals surface area contributed by atoms with Gasteiger partial charge in [0, 0.05) is 41.9 Å². The number of thioether (sulfide) groups is 1. The number of carbonyl (C=O) groups excluding carboxylic acids is 4. The van der Waals surface area contributed by atoms with Gasteiger partial charge in [-0.15, -0.1) is 23.1 Å². The zero-order valence-corrected chi connectivity index (χ0v) is 45.6. The SMILES string of the molecule is COc1ccc(COC(=O)C2=C(/C=C\COC(=O)N(C)C)CS[C@H]3C(NC(=O)/C(=N\OC(c4ccccc4)(c4ccccc4)c4ccccc4)c4csc(NC(c5ccccc5)(c5ccccc5)c5ccccc5)n4)C(=O)N23)cc1. The molecule has 8 aromatic rings. The van der Waals surface area contributed by atoms with Crippen LogP contribution in [-0.4, -0.2) is 89.4 Å². The van der Waals surface area contributed by atoms with Crippen LogP contribution in [0.15, 0.2) is 240 Å². The Morgan fingerprint density at radius 2 is 1.20 bits per heavy atom. The van der Waals surface area contributed by atoms with Crippen molar-refractivity contribution < 1.29 is 38.2 Å². The van der Waals surface area contributed by atoms with Crippen LogP contribution in [0.4, 0.5) is 9.93 Å².